The lowest BCUT2D eigenvalue weighted by atomic mass is 10.2. The summed E-state index contributed by atoms with van der Waals surface area (Å²) in [6.45, 7) is 9.91. The fourth-order valence-electron chi connectivity index (χ4n) is 2.09. The summed E-state index contributed by atoms with van der Waals surface area (Å²) in [5.74, 6) is 0.407. The Labute approximate surface area is 164 Å². The number of nitrogens with zero attached hydrogens (tertiary/aromatic N) is 1. The van der Waals surface area contributed by atoms with Gasteiger partial charge in [-0.3, -0.25) is 0 Å². The van der Waals surface area contributed by atoms with Gasteiger partial charge in [0.05, 0.1) is 5.02 Å². The van der Waals surface area contributed by atoms with Gasteiger partial charge < -0.3 is 9.16 Å². The Morgan fingerprint density at radius 3 is 2.62 bits per heavy atom. The Morgan fingerprint density at radius 2 is 1.96 bits per heavy atom. The van der Waals surface area contributed by atoms with Crippen LogP contribution >= 0.6 is 23.2 Å². The zero-order valence-electron chi connectivity index (χ0n) is 14.9. The maximum atomic E-state index is 13.9. The van der Waals surface area contributed by atoms with Gasteiger partial charge in [-0.2, -0.15) is 0 Å². The van der Waals surface area contributed by atoms with Crippen LogP contribution in [0.2, 0.25) is 29.7 Å². The molecule has 0 spiro atoms. The van der Waals surface area contributed by atoms with Gasteiger partial charge in [-0.1, -0.05) is 29.3 Å². The summed E-state index contributed by atoms with van der Waals surface area (Å²) < 4.78 is 25.3. The first-order chi connectivity index (χ1) is 12.2. The largest absolute Gasteiger partial charge is 0.532 e. The average Bonchev–Trinajstić information content (AvgIpc) is 2.52. The molecular formula is C19H20Cl2FNO2Si. The van der Waals surface area contributed by atoms with E-state index >= 15 is 0 Å². The van der Waals surface area contributed by atoms with E-state index in [1.807, 2.05) is 19.6 Å². The topological polar surface area (TPSA) is 30.8 Å². The number of ether oxygens (including phenoxy) is 1. The molecule has 138 valence electrons. The maximum Gasteiger partial charge on any atom is 0.244 e. The maximum absolute atomic E-state index is 13.9. The molecule has 0 unspecified atom stereocenters. The molecule has 0 radical (unpaired) electrons. The van der Waals surface area contributed by atoms with Crippen molar-refractivity contribution in [2.75, 3.05) is 0 Å². The quantitative estimate of drug-likeness (QED) is 0.297. The predicted octanol–water partition coefficient (Wildman–Crippen LogP) is 6.45. The fourth-order valence-corrected chi connectivity index (χ4v) is 3.25. The van der Waals surface area contributed by atoms with Gasteiger partial charge in [-0.25, -0.2) is 9.38 Å². The molecule has 0 aliphatic carbocycles. The lowest BCUT2D eigenvalue weighted by molar-refractivity contribution is 0.299. The SMILES string of the molecule is C=C(N=Cc1cc(Cl)ccc1OCc1c(F)cccc1Cl)O[Si](C)(C)C. The van der Waals surface area contributed by atoms with Gasteiger partial charge in [0, 0.05) is 22.4 Å². The van der Waals surface area contributed by atoms with E-state index < -0.39 is 14.1 Å². The zero-order chi connectivity index (χ0) is 19.3. The first-order valence-electron chi connectivity index (χ1n) is 7.93. The van der Waals surface area contributed by atoms with Crippen molar-refractivity contribution >= 4 is 37.7 Å². The number of hydrogen-bond donors (Lipinski definition) is 0. The van der Waals surface area contributed by atoms with E-state index in [2.05, 4.69) is 11.6 Å². The van der Waals surface area contributed by atoms with E-state index in [0.29, 0.717) is 32.8 Å². The van der Waals surface area contributed by atoms with Crippen LogP contribution in [0.1, 0.15) is 11.1 Å². The number of benzene rings is 2. The third kappa shape index (κ3) is 6.16. The van der Waals surface area contributed by atoms with Crippen molar-refractivity contribution in [3.8, 4) is 5.75 Å². The van der Waals surface area contributed by atoms with Gasteiger partial charge in [0.15, 0.2) is 5.88 Å². The number of halogens is 3. The lowest BCUT2D eigenvalue weighted by Crippen LogP contribution is -2.24. The minimum absolute atomic E-state index is 0.0136. The molecule has 0 heterocycles. The van der Waals surface area contributed by atoms with Crippen LogP contribution in [0, 0.1) is 5.82 Å². The highest BCUT2D eigenvalue weighted by molar-refractivity contribution is 6.70. The van der Waals surface area contributed by atoms with Crippen molar-refractivity contribution in [1.82, 2.24) is 0 Å². The fraction of sp³-hybridized carbons (Fsp3) is 0.211. The van der Waals surface area contributed by atoms with Gasteiger partial charge in [0.1, 0.15) is 18.2 Å². The van der Waals surface area contributed by atoms with Crippen molar-refractivity contribution in [3.05, 3.63) is 75.8 Å². The average molecular weight is 412 g/mol. The van der Waals surface area contributed by atoms with E-state index in [1.54, 1.807) is 36.5 Å². The first kappa shape index (κ1) is 20.5. The minimum atomic E-state index is -1.78. The molecule has 7 heteroatoms. The van der Waals surface area contributed by atoms with Gasteiger partial charge in [-0.05, 0) is 56.6 Å². The second kappa shape index (κ2) is 8.71. The summed E-state index contributed by atoms with van der Waals surface area (Å²) in [6.07, 6.45) is 1.56. The summed E-state index contributed by atoms with van der Waals surface area (Å²) in [6, 6.07) is 9.58. The zero-order valence-corrected chi connectivity index (χ0v) is 17.4. The molecule has 0 bridgehead atoms. The first-order valence-corrected chi connectivity index (χ1v) is 12.1. The summed E-state index contributed by atoms with van der Waals surface area (Å²) in [4.78, 5) is 4.23. The van der Waals surface area contributed by atoms with Gasteiger partial charge in [-0.15, -0.1) is 0 Å². The second-order valence-electron chi connectivity index (χ2n) is 6.54. The molecule has 0 fully saturated rings. The number of rotatable bonds is 7. The predicted molar refractivity (Wildman–Crippen MR) is 108 cm³/mol. The van der Waals surface area contributed by atoms with Crippen LogP contribution in [0.15, 0.2) is 53.9 Å². The Kier molecular flexibility index (Phi) is 6.86. The Balaban J connectivity index is 2.18. The molecule has 2 rings (SSSR count). The highest BCUT2D eigenvalue weighted by Gasteiger charge is 2.16. The van der Waals surface area contributed by atoms with Crippen molar-refractivity contribution in [3.63, 3.8) is 0 Å². The molecule has 2 aromatic rings. The number of hydrogen-bond acceptors (Lipinski definition) is 3. The summed E-state index contributed by atoms with van der Waals surface area (Å²) in [7, 11) is -1.78. The highest BCUT2D eigenvalue weighted by atomic mass is 35.5. The van der Waals surface area contributed by atoms with Crippen molar-refractivity contribution in [2.45, 2.75) is 26.2 Å². The van der Waals surface area contributed by atoms with Crippen LogP contribution in [0.5, 0.6) is 5.75 Å². The molecule has 0 atom stereocenters. The van der Waals surface area contributed by atoms with Crippen LogP contribution in [0.25, 0.3) is 0 Å². The Morgan fingerprint density at radius 1 is 1.23 bits per heavy atom. The van der Waals surface area contributed by atoms with Gasteiger partial charge >= 0.3 is 0 Å². The summed E-state index contributed by atoms with van der Waals surface area (Å²) >= 11 is 12.1. The standard InChI is InChI=1S/C19H20Cl2FNO2Si/c1-13(25-26(2,3)4)23-11-14-10-15(20)8-9-19(14)24-12-16-17(21)6-5-7-18(16)22/h5-11H,1,12H2,2-4H3. The molecule has 26 heavy (non-hydrogen) atoms. The third-order valence-corrected chi connectivity index (χ3v) is 4.61. The summed E-state index contributed by atoms with van der Waals surface area (Å²) in [5, 5.41) is 0.838. The third-order valence-electron chi connectivity index (χ3n) is 3.18. The van der Waals surface area contributed by atoms with E-state index in [0.717, 1.165) is 0 Å². The lowest BCUT2D eigenvalue weighted by Gasteiger charge is -2.18. The van der Waals surface area contributed by atoms with Crippen molar-refractivity contribution < 1.29 is 13.6 Å². The second-order valence-corrected chi connectivity index (χ2v) is 11.8. The molecule has 0 amide bonds. The molecular weight excluding hydrogens is 392 g/mol. The van der Waals surface area contributed by atoms with E-state index in [9.17, 15) is 4.39 Å². The highest BCUT2D eigenvalue weighted by Crippen LogP contribution is 2.25. The number of aliphatic imine (C=N–C) groups is 1. The van der Waals surface area contributed by atoms with Crippen LogP contribution in [-0.2, 0) is 11.0 Å². The van der Waals surface area contributed by atoms with E-state index in [1.165, 1.54) is 6.07 Å². The van der Waals surface area contributed by atoms with Gasteiger partial charge in [0.2, 0.25) is 8.32 Å². The van der Waals surface area contributed by atoms with Crippen LogP contribution < -0.4 is 4.74 Å². The van der Waals surface area contributed by atoms with Crippen molar-refractivity contribution in [2.24, 2.45) is 4.99 Å². The Bertz CT molecular complexity index is 815. The molecule has 0 N–H and O–H groups in total. The Hall–Kier alpha value is -1.82. The smallest absolute Gasteiger partial charge is 0.244 e. The van der Waals surface area contributed by atoms with Gasteiger partial charge in [0.25, 0.3) is 0 Å². The van der Waals surface area contributed by atoms with E-state index in [4.69, 9.17) is 32.4 Å². The normalized spacial score (nSPS) is 11.6. The molecule has 2 aromatic carbocycles. The van der Waals surface area contributed by atoms with Crippen molar-refractivity contribution in [1.29, 1.82) is 0 Å². The van der Waals surface area contributed by atoms with Crippen LogP contribution in [0.4, 0.5) is 4.39 Å². The monoisotopic (exact) mass is 411 g/mol. The van der Waals surface area contributed by atoms with Crippen LogP contribution in [-0.4, -0.2) is 14.5 Å². The van der Waals surface area contributed by atoms with Crippen LogP contribution in [0.3, 0.4) is 0 Å². The molecule has 0 aliphatic heterocycles. The molecule has 0 aliphatic rings. The van der Waals surface area contributed by atoms with E-state index in [-0.39, 0.29) is 6.61 Å². The molecule has 0 saturated carbocycles. The molecule has 0 aromatic heterocycles. The minimum Gasteiger partial charge on any atom is -0.532 e. The molecule has 3 nitrogen and oxygen atoms in total. The molecule has 0 saturated heterocycles. The summed E-state index contributed by atoms with van der Waals surface area (Å²) in [5.41, 5.74) is 0.920.